The van der Waals surface area contributed by atoms with Crippen LogP contribution in [0.2, 0.25) is 0 Å². The molecular formula is C46H30N6OPt-2. The Kier molecular flexibility index (Phi) is 7.36. The number of pyridine rings is 1. The van der Waals surface area contributed by atoms with E-state index in [9.17, 15) is 0 Å². The predicted molar refractivity (Wildman–Crippen MR) is 210 cm³/mol. The summed E-state index contributed by atoms with van der Waals surface area (Å²) < 4.78 is 17.4. The van der Waals surface area contributed by atoms with Gasteiger partial charge in [0.05, 0.1) is 16.7 Å². The number of hydrogen-bond acceptors (Lipinski definition) is 2. The molecule has 5 heterocycles. The van der Waals surface area contributed by atoms with Crippen LogP contribution in [0.15, 0.2) is 146 Å². The second-order valence-corrected chi connectivity index (χ2v) is 13.4. The zero-order chi connectivity index (χ0) is 35.2. The van der Waals surface area contributed by atoms with Crippen LogP contribution in [0.3, 0.4) is 0 Å². The molecule has 54 heavy (non-hydrogen) atoms. The van der Waals surface area contributed by atoms with Crippen LogP contribution in [-0.4, -0.2) is 23.3 Å². The molecule has 0 aliphatic heterocycles. The number of para-hydroxylation sites is 3. The van der Waals surface area contributed by atoms with E-state index in [1.54, 1.807) is 0 Å². The minimum Gasteiger partial charge on any atom is -0.510 e. The minimum absolute atomic E-state index is 0. The summed E-state index contributed by atoms with van der Waals surface area (Å²) >= 11 is 0. The molecule has 0 bridgehead atoms. The van der Waals surface area contributed by atoms with Crippen molar-refractivity contribution in [1.29, 1.82) is 0 Å². The van der Waals surface area contributed by atoms with E-state index >= 15 is 0 Å². The number of fused-ring (bicyclic) bond motifs is 12. The number of aryl methyl sites for hydroxylation is 2. The van der Waals surface area contributed by atoms with E-state index in [2.05, 4.69) is 119 Å². The first-order valence-corrected chi connectivity index (χ1v) is 17.6. The Labute approximate surface area is 324 Å². The molecule has 11 aromatic rings. The average Bonchev–Trinajstić information content (AvgIpc) is 3.97. The summed E-state index contributed by atoms with van der Waals surface area (Å²) in [4.78, 5) is 4.92. The number of rotatable bonds is 5. The van der Waals surface area contributed by atoms with Gasteiger partial charge in [-0.2, -0.15) is 18.2 Å². The molecule has 8 heteroatoms. The third-order valence-corrected chi connectivity index (χ3v) is 10.5. The van der Waals surface area contributed by atoms with Gasteiger partial charge in [0, 0.05) is 103 Å². The topological polar surface area (TPSA) is 45.7 Å². The molecule has 5 aromatic heterocycles. The summed E-state index contributed by atoms with van der Waals surface area (Å²) in [7, 11) is 4.36. The zero-order valence-corrected chi connectivity index (χ0v) is 31.5. The zero-order valence-electron chi connectivity index (χ0n) is 29.3. The Morgan fingerprint density at radius 1 is 0.593 bits per heavy atom. The average molecular weight is 878 g/mol. The molecule has 0 atom stereocenters. The maximum atomic E-state index is 6.56. The van der Waals surface area contributed by atoms with E-state index in [1.807, 2.05) is 82.3 Å². The van der Waals surface area contributed by atoms with Gasteiger partial charge < -0.3 is 23.0 Å². The molecule has 0 saturated heterocycles. The van der Waals surface area contributed by atoms with Crippen LogP contribution in [0.5, 0.6) is 11.5 Å². The van der Waals surface area contributed by atoms with Gasteiger partial charge in [0.15, 0.2) is 0 Å². The fourth-order valence-electron chi connectivity index (χ4n) is 8.23. The van der Waals surface area contributed by atoms with E-state index in [4.69, 9.17) is 9.72 Å². The van der Waals surface area contributed by atoms with Crippen molar-refractivity contribution in [3.8, 4) is 28.7 Å². The van der Waals surface area contributed by atoms with Crippen LogP contribution < -0.4 is 9.30 Å². The van der Waals surface area contributed by atoms with Crippen LogP contribution in [-0.2, 0) is 35.2 Å². The summed E-state index contributed by atoms with van der Waals surface area (Å²) in [5.41, 5.74) is 8.59. The standard InChI is InChI=1S/C46H30N6O.Pt/c1-48-37-19-8-6-17-34(37)41-44-42(35-18-7-9-20-38(35)49(44)2)46-43(45(41)48)36-23-22-33(28-39(36)52(46)40-21-10-11-24-47-40)53-32-16-12-15-31(27-32)51-26-25-50(29-51)30-13-4-3-5-14-30;/h3-26H,1-2H3;/q-2;. The van der Waals surface area contributed by atoms with E-state index < -0.39 is 0 Å². The smallest absolute Gasteiger partial charge is 0.267 e. The van der Waals surface area contributed by atoms with Crippen LogP contribution >= 0.6 is 0 Å². The molecule has 0 aliphatic carbocycles. The van der Waals surface area contributed by atoms with Gasteiger partial charge in [0.25, 0.3) is 6.33 Å². The first-order chi connectivity index (χ1) is 26.1. The van der Waals surface area contributed by atoms with E-state index in [1.165, 1.54) is 43.6 Å². The van der Waals surface area contributed by atoms with Gasteiger partial charge in [-0.15, -0.1) is 24.3 Å². The predicted octanol–water partition coefficient (Wildman–Crippen LogP) is 9.73. The maximum Gasteiger partial charge on any atom is 0.267 e. The molecule has 7 nitrogen and oxygen atoms in total. The third kappa shape index (κ3) is 4.65. The Bertz CT molecular complexity index is 3230. The molecule has 262 valence electrons. The molecule has 0 unspecified atom stereocenters. The molecule has 0 N–H and O–H groups in total. The summed E-state index contributed by atoms with van der Waals surface area (Å²) in [6.45, 7) is 0. The molecule has 0 spiro atoms. The van der Waals surface area contributed by atoms with Crippen molar-refractivity contribution in [2.24, 2.45) is 14.1 Å². The van der Waals surface area contributed by atoms with Crippen LogP contribution in [0.25, 0.3) is 82.6 Å². The summed E-state index contributed by atoms with van der Waals surface area (Å²) in [6.07, 6.45) is 9.18. The Morgan fingerprint density at radius 3 is 1.96 bits per heavy atom. The Hall–Kier alpha value is -6.43. The van der Waals surface area contributed by atoms with Gasteiger partial charge in [0.2, 0.25) is 0 Å². The Morgan fingerprint density at radius 2 is 1.24 bits per heavy atom. The van der Waals surface area contributed by atoms with Crippen molar-refractivity contribution in [2.45, 2.75) is 0 Å². The fraction of sp³-hybridized carbons (Fsp3) is 0.0435. The van der Waals surface area contributed by atoms with Gasteiger partial charge >= 0.3 is 0 Å². The second kappa shape index (κ2) is 12.3. The number of ether oxygens (including phenoxy) is 1. The van der Waals surface area contributed by atoms with E-state index in [0.29, 0.717) is 11.5 Å². The molecule has 0 saturated carbocycles. The van der Waals surface area contributed by atoms with Crippen LogP contribution in [0, 0.1) is 18.5 Å². The minimum atomic E-state index is 0. The van der Waals surface area contributed by atoms with Gasteiger partial charge in [-0.05, 0) is 47.5 Å². The van der Waals surface area contributed by atoms with Crippen molar-refractivity contribution < 1.29 is 30.4 Å². The van der Waals surface area contributed by atoms with E-state index in [0.717, 1.165) is 39.0 Å². The normalized spacial score (nSPS) is 11.7. The molecule has 6 aromatic carbocycles. The van der Waals surface area contributed by atoms with Gasteiger partial charge in [0.1, 0.15) is 5.82 Å². The van der Waals surface area contributed by atoms with Crippen molar-refractivity contribution >= 4 is 65.4 Å². The van der Waals surface area contributed by atoms with E-state index in [-0.39, 0.29) is 21.1 Å². The first-order valence-electron chi connectivity index (χ1n) is 17.6. The van der Waals surface area contributed by atoms with Crippen molar-refractivity contribution in [2.75, 3.05) is 0 Å². The fourth-order valence-corrected chi connectivity index (χ4v) is 8.23. The third-order valence-electron chi connectivity index (χ3n) is 10.5. The second-order valence-electron chi connectivity index (χ2n) is 13.4. The van der Waals surface area contributed by atoms with Crippen molar-refractivity contribution in [3.05, 3.63) is 164 Å². The Balaban J connectivity index is 0.00000361. The summed E-state index contributed by atoms with van der Waals surface area (Å²) in [5.74, 6) is 1.99. The monoisotopic (exact) mass is 877 g/mol. The number of hydrogen-bond donors (Lipinski definition) is 0. The van der Waals surface area contributed by atoms with Gasteiger partial charge in [-0.1, -0.05) is 71.6 Å². The van der Waals surface area contributed by atoms with Crippen LogP contribution in [0.4, 0.5) is 0 Å². The van der Waals surface area contributed by atoms with Gasteiger partial charge in [-0.25, -0.2) is 4.98 Å². The van der Waals surface area contributed by atoms with Crippen LogP contribution in [0.1, 0.15) is 0 Å². The summed E-state index contributed by atoms with van der Waals surface area (Å²) in [6, 6.07) is 50.8. The molecular weight excluding hydrogens is 848 g/mol. The number of nitrogens with zero attached hydrogens (tertiary/aromatic N) is 6. The SMILES string of the molecule is Cn1c2ccccc2c2c1c1c3ccc(Oc4[c-]c(-[n+]5[c-]n(-c6ccccc6)cc5)ccc4)[c-]c3n(-c3ccccn3)c1c1c3ccccc3n(C)c21.[Pt]. The summed E-state index contributed by atoms with van der Waals surface area (Å²) in [5, 5.41) is 7.10. The van der Waals surface area contributed by atoms with Crippen molar-refractivity contribution in [1.82, 2.24) is 23.3 Å². The molecule has 0 radical (unpaired) electrons. The molecule has 0 aliphatic rings. The largest absolute Gasteiger partial charge is 0.510 e. The molecule has 11 rings (SSSR count). The first kappa shape index (κ1) is 32.2. The number of benzene rings is 6. The number of imidazole rings is 1. The van der Waals surface area contributed by atoms with Crippen molar-refractivity contribution in [3.63, 3.8) is 0 Å². The van der Waals surface area contributed by atoms with Gasteiger partial charge in [-0.3, -0.25) is 4.57 Å². The maximum absolute atomic E-state index is 6.56. The number of aromatic nitrogens is 6. The quantitative estimate of drug-likeness (QED) is 0.128. The molecule has 0 fully saturated rings. The molecule has 0 amide bonds.